The van der Waals surface area contributed by atoms with Crippen molar-refractivity contribution in [2.45, 2.75) is 25.7 Å². The first-order valence-corrected chi connectivity index (χ1v) is 10.3. The molecule has 1 aliphatic heterocycles. The van der Waals surface area contributed by atoms with Crippen LogP contribution in [0.3, 0.4) is 0 Å². The molecule has 0 aliphatic carbocycles. The van der Waals surface area contributed by atoms with E-state index in [0.717, 1.165) is 21.1 Å². The molecule has 0 aromatic heterocycles. The van der Waals surface area contributed by atoms with Crippen LogP contribution in [0.5, 0.6) is 5.75 Å². The molecule has 1 amide bonds. The Morgan fingerprint density at radius 1 is 1.19 bits per heavy atom. The van der Waals surface area contributed by atoms with Crippen LogP contribution in [0, 0.1) is 0 Å². The summed E-state index contributed by atoms with van der Waals surface area (Å²) in [6, 6.07) is 15.5. The molecule has 3 rings (SSSR count). The van der Waals surface area contributed by atoms with E-state index in [1.54, 1.807) is 16.7 Å². The SMILES string of the molecule is CC(C)Oc1ccc(C(=O)N2CCN=C2SCc2ccc(Br)cc2)cc1. The lowest BCUT2D eigenvalue weighted by atomic mass is 10.2. The van der Waals surface area contributed by atoms with Crippen LogP contribution in [0.4, 0.5) is 0 Å². The zero-order valence-corrected chi connectivity index (χ0v) is 17.2. The summed E-state index contributed by atoms with van der Waals surface area (Å²) in [7, 11) is 0. The molecule has 26 heavy (non-hydrogen) atoms. The van der Waals surface area contributed by atoms with Crippen molar-refractivity contribution in [2.75, 3.05) is 13.1 Å². The molecule has 4 nitrogen and oxygen atoms in total. The smallest absolute Gasteiger partial charge is 0.259 e. The van der Waals surface area contributed by atoms with Crippen molar-refractivity contribution in [3.05, 3.63) is 64.1 Å². The number of hydrogen-bond acceptors (Lipinski definition) is 4. The number of benzene rings is 2. The molecule has 0 saturated heterocycles. The number of aliphatic imine (C=N–C) groups is 1. The number of thioether (sulfide) groups is 1. The van der Waals surface area contributed by atoms with E-state index in [0.29, 0.717) is 18.7 Å². The lowest BCUT2D eigenvalue weighted by molar-refractivity contribution is 0.0860. The van der Waals surface area contributed by atoms with E-state index in [4.69, 9.17) is 4.74 Å². The molecule has 0 fully saturated rings. The van der Waals surface area contributed by atoms with Crippen molar-refractivity contribution in [3.8, 4) is 5.75 Å². The minimum absolute atomic E-state index is 0.0133. The highest BCUT2D eigenvalue weighted by molar-refractivity contribution is 9.10. The number of amidine groups is 1. The van der Waals surface area contributed by atoms with Crippen LogP contribution in [0.2, 0.25) is 0 Å². The summed E-state index contributed by atoms with van der Waals surface area (Å²) in [5.74, 6) is 1.55. The minimum Gasteiger partial charge on any atom is -0.491 e. The van der Waals surface area contributed by atoms with E-state index in [9.17, 15) is 4.79 Å². The molecule has 0 spiro atoms. The quantitative estimate of drug-likeness (QED) is 0.668. The van der Waals surface area contributed by atoms with E-state index in [-0.39, 0.29) is 12.0 Å². The lowest BCUT2D eigenvalue weighted by Gasteiger charge is -2.18. The fourth-order valence-corrected chi connectivity index (χ4v) is 3.84. The van der Waals surface area contributed by atoms with E-state index >= 15 is 0 Å². The number of ether oxygens (including phenoxy) is 1. The summed E-state index contributed by atoms with van der Waals surface area (Å²) >= 11 is 5.04. The van der Waals surface area contributed by atoms with Crippen molar-refractivity contribution >= 4 is 38.8 Å². The van der Waals surface area contributed by atoms with Crippen molar-refractivity contribution < 1.29 is 9.53 Å². The van der Waals surface area contributed by atoms with Gasteiger partial charge < -0.3 is 4.74 Å². The third-order valence-electron chi connectivity index (χ3n) is 3.80. The highest BCUT2D eigenvalue weighted by atomic mass is 79.9. The molecule has 2 aromatic rings. The van der Waals surface area contributed by atoms with Gasteiger partial charge in [0, 0.05) is 22.3 Å². The van der Waals surface area contributed by atoms with Gasteiger partial charge in [0.1, 0.15) is 5.75 Å². The van der Waals surface area contributed by atoms with Gasteiger partial charge in [0.05, 0.1) is 12.6 Å². The Kier molecular flexibility index (Phi) is 6.38. The largest absolute Gasteiger partial charge is 0.491 e. The fraction of sp³-hybridized carbons (Fsp3) is 0.300. The van der Waals surface area contributed by atoms with Crippen LogP contribution >= 0.6 is 27.7 Å². The van der Waals surface area contributed by atoms with Crippen LogP contribution in [-0.4, -0.2) is 35.2 Å². The number of nitrogens with zero attached hydrogens (tertiary/aromatic N) is 2. The normalized spacial score (nSPS) is 13.8. The number of amides is 1. The molecule has 0 atom stereocenters. The van der Waals surface area contributed by atoms with Gasteiger partial charge in [-0.1, -0.05) is 39.8 Å². The van der Waals surface area contributed by atoms with Gasteiger partial charge in [0.25, 0.3) is 5.91 Å². The molecule has 0 saturated carbocycles. The van der Waals surface area contributed by atoms with Gasteiger partial charge in [-0.3, -0.25) is 14.7 Å². The summed E-state index contributed by atoms with van der Waals surface area (Å²) < 4.78 is 6.70. The van der Waals surface area contributed by atoms with Crippen molar-refractivity contribution in [1.29, 1.82) is 0 Å². The predicted molar refractivity (Wildman–Crippen MR) is 111 cm³/mol. The van der Waals surface area contributed by atoms with Crippen LogP contribution in [-0.2, 0) is 5.75 Å². The number of carbonyl (C=O) groups is 1. The lowest BCUT2D eigenvalue weighted by Crippen LogP contribution is -2.32. The summed E-state index contributed by atoms with van der Waals surface area (Å²) in [4.78, 5) is 19.1. The summed E-state index contributed by atoms with van der Waals surface area (Å²) in [5.41, 5.74) is 1.86. The minimum atomic E-state index is -0.0133. The van der Waals surface area contributed by atoms with Gasteiger partial charge >= 0.3 is 0 Å². The number of rotatable bonds is 5. The standard InChI is InChI=1S/C20H21BrN2O2S/c1-14(2)25-18-9-5-16(6-10-18)19(24)23-12-11-22-20(23)26-13-15-3-7-17(21)8-4-15/h3-10,14H,11-13H2,1-2H3. The predicted octanol–water partition coefficient (Wildman–Crippen LogP) is 4.98. The molecule has 0 bridgehead atoms. The molecule has 0 radical (unpaired) electrons. The highest BCUT2D eigenvalue weighted by Gasteiger charge is 2.25. The fourth-order valence-electron chi connectivity index (χ4n) is 2.57. The molecule has 136 valence electrons. The maximum atomic E-state index is 12.8. The Morgan fingerprint density at radius 3 is 2.54 bits per heavy atom. The Labute approximate surface area is 166 Å². The second-order valence-corrected chi connectivity index (χ2v) is 8.09. The monoisotopic (exact) mass is 432 g/mol. The molecule has 0 N–H and O–H groups in total. The summed E-state index contributed by atoms with van der Waals surface area (Å²) in [6.45, 7) is 5.25. The maximum Gasteiger partial charge on any atom is 0.259 e. The summed E-state index contributed by atoms with van der Waals surface area (Å²) in [5, 5.41) is 0.792. The Balaban J connectivity index is 1.63. The molecule has 2 aromatic carbocycles. The van der Waals surface area contributed by atoms with Crippen molar-refractivity contribution in [2.24, 2.45) is 4.99 Å². The molecular formula is C20H21BrN2O2S. The van der Waals surface area contributed by atoms with Gasteiger partial charge in [0.2, 0.25) is 0 Å². The van der Waals surface area contributed by atoms with Crippen LogP contribution in [0.1, 0.15) is 29.8 Å². The Bertz CT molecular complexity index is 788. The number of halogens is 1. The number of carbonyl (C=O) groups excluding carboxylic acids is 1. The first kappa shape index (κ1) is 19.0. The third kappa shape index (κ3) is 4.89. The molecule has 0 unspecified atom stereocenters. The van der Waals surface area contributed by atoms with Crippen LogP contribution in [0.25, 0.3) is 0 Å². The van der Waals surface area contributed by atoms with E-state index in [1.165, 1.54) is 5.56 Å². The Morgan fingerprint density at radius 2 is 1.88 bits per heavy atom. The molecule has 6 heteroatoms. The zero-order chi connectivity index (χ0) is 18.5. The van der Waals surface area contributed by atoms with Crippen molar-refractivity contribution in [3.63, 3.8) is 0 Å². The van der Waals surface area contributed by atoms with Gasteiger partial charge in [-0.25, -0.2) is 0 Å². The average molecular weight is 433 g/mol. The van der Waals surface area contributed by atoms with Gasteiger partial charge in [0.15, 0.2) is 5.17 Å². The van der Waals surface area contributed by atoms with Crippen LogP contribution < -0.4 is 4.74 Å². The molecule has 1 heterocycles. The second kappa shape index (κ2) is 8.73. The van der Waals surface area contributed by atoms with E-state index < -0.39 is 0 Å². The maximum absolute atomic E-state index is 12.8. The second-order valence-electron chi connectivity index (χ2n) is 6.23. The topological polar surface area (TPSA) is 41.9 Å². The highest BCUT2D eigenvalue weighted by Crippen LogP contribution is 2.23. The number of hydrogen-bond donors (Lipinski definition) is 0. The zero-order valence-electron chi connectivity index (χ0n) is 14.8. The van der Waals surface area contributed by atoms with Crippen LogP contribution in [0.15, 0.2) is 58.0 Å². The van der Waals surface area contributed by atoms with Gasteiger partial charge in [-0.05, 0) is 55.8 Å². The summed E-state index contributed by atoms with van der Waals surface area (Å²) in [6.07, 6.45) is 0.115. The van der Waals surface area contributed by atoms with Gasteiger partial charge in [-0.15, -0.1) is 0 Å². The van der Waals surface area contributed by atoms with E-state index in [2.05, 4.69) is 33.1 Å². The molecular weight excluding hydrogens is 412 g/mol. The average Bonchev–Trinajstić information content (AvgIpc) is 3.09. The third-order valence-corrected chi connectivity index (χ3v) is 5.41. The Hall–Kier alpha value is -1.79. The first-order valence-electron chi connectivity index (χ1n) is 8.53. The first-order chi connectivity index (χ1) is 12.5. The van der Waals surface area contributed by atoms with Gasteiger partial charge in [-0.2, -0.15) is 0 Å². The molecule has 1 aliphatic rings. The van der Waals surface area contributed by atoms with Crippen molar-refractivity contribution in [1.82, 2.24) is 4.90 Å². The van der Waals surface area contributed by atoms with E-state index in [1.807, 2.05) is 50.2 Å².